The van der Waals surface area contributed by atoms with E-state index in [-0.39, 0.29) is 0 Å². The molecule has 0 aromatic carbocycles. The zero-order valence-electron chi connectivity index (χ0n) is 14.1. The third-order valence-corrected chi connectivity index (χ3v) is 6.52. The Morgan fingerprint density at radius 2 is 1.30 bits per heavy atom. The summed E-state index contributed by atoms with van der Waals surface area (Å²) >= 11 is 0. The lowest BCUT2D eigenvalue weighted by Gasteiger charge is -2.28. The molecule has 0 aliphatic carbocycles. The first kappa shape index (κ1) is 20.1. The molecule has 0 saturated carbocycles. The van der Waals surface area contributed by atoms with Gasteiger partial charge in [0.15, 0.2) is 0 Å². The molecule has 0 aromatic rings. The third-order valence-electron chi connectivity index (χ3n) is 3.37. The van der Waals surface area contributed by atoms with Crippen molar-refractivity contribution < 1.29 is 18.0 Å². The maximum Gasteiger partial charge on any atom is 0.501 e. The van der Waals surface area contributed by atoms with Gasteiger partial charge in [-0.05, 0) is 33.1 Å². The Balaban J connectivity index is 4.05. The maximum absolute atomic E-state index is 5.82. The van der Waals surface area contributed by atoms with Crippen molar-refractivity contribution in [3.8, 4) is 0 Å². The Morgan fingerprint density at radius 3 is 1.70 bits per heavy atom. The van der Waals surface area contributed by atoms with Crippen molar-refractivity contribution in [2.75, 3.05) is 33.0 Å². The second-order valence-corrected chi connectivity index (χ2v) is 7.58. The topological polar surface area (TPSA) is 36.9 Å². The predicted molar refractivity (Wildman–Crippen MR) is 84.9 cm³/mol. The predicted octanol–water partition coefficient (Wildman–Crippen LogP) is 3.88. The molecule has 0 bridgehead atoms. The van der Waals surface area contributed by atoms with Crippen LogP contribution >= 0.6 is 0 Å². The van der Waals surface area contributed by atoms with Crippen molar-refractivity contribution in [3.05, 3.63) is 0 Å². The summed E-state index contributed by atoms with van der Waals surface area (Å²) in [4.78, 5) is 0. The van der Waals surface area contributed by atoms with Gasteiger partial charge in [-0.3, -0.25) is 0 Å². The molecule has 0 heterocycles. The summed E-state index contributed by atoms with van der Waals surface area (Å²) in [6.45, 7) is 13.9. The molecule has 0 atom stereocenters. The molecule has 0 amide bonds. The highest BCUT2D eigenvalue weighted by Gasteiger charge is 2.39. The van der Waals surface area contributed by atoms with Gasteiger partial charge in [0, 0.05) is 39.1 Å². The van der Waals surface area contributed by atoms with E-state index in [1.54, 1.807) is 0 Å². The minimum absolute atomic E-state index is 0.640. The Labute approximate surface area is 126 Å². The van der Waals surface area contributed by atoms with E-state index in [4.69, 9.17) is 18.0 Å². The summed E-state index contributed by atoms with van der Waals surface area (Å²) in [6.07, 6.45) is 3.31. The van der Waals surface area contributed by atoms with Crippen LogP contribution in [0.5, 0.6) is 0 Å². The van der Waals surface area contributed by atoms with Crippen molar-refractivity contribution in [1.29, 1.82) is 0 Å². The highest BCUT2D eigenvalue weighted by molar-refractivity contribution is 6.60. The van der Waals surface area contributed by atoms with Gasteiger partial charge in [-0.25, -0.2) is 0 Å². The zero-order valence-corrected chi connectivity index (χ0v) is 15.1. The van der Waals surface area contributed by atoms with Gasteiger partial charge in [0.05, 0.1) is 0 Å². The van der Waals surface area contributed by atoms with E-state index in [1.165, 1.54) is 12.8 Å². The van der Waals surface area contributed by atoms with Crippen LogP contribution in [0.2, 0.25) is 6.04 Å². The van der Waals surface area contributed by atoms with Crippen LogP contribution in [0, 0.1) is 5.92 Å². The standard InChI is InChI=1S/C15H34O4Si/c1-6-15(7-2)14-16-12-11-13-20(17-8-3,18-9-4)19-10-5/h15H,6-14H2,1-5H3. The van der Waals surface area contributed by atoms with Gasteiger partial charge in [-0.15, -0.1) is 0 Å². The molecule has 0 aromatic heterocycles. The molecular weight excluding hydrogens is 272 g/mol. The number of hydrogen-bond acceptors (Lipinski definition) is 4. The Kier molecular flexibility index (Phi) is 12.8. The van der Waals surface area contributed by atoms with Crippen LogP contribution in [-0.2, 0) is 18.0 Å². The van der Waals surface area contributed by atoms with E-state index in [0.29, 0.717) is 25.7 Å². The molecule has 5 heteroatoms. The van der Waals surface area contributed by atoms with Crippen LogP contribution in [0.3, 0.4) is 0 Å². The first-order chi connectivity index (χ1) is 9.67. The Morgan fingerprint density at radius 1 is 0.800 bits per heavy atom. The molecule has 0 unspecified atom stereocenters. The van der Waals surface area contributed by atoms with E-state index in [2.05, 4.69) is 13.8 Å². The highest BCUT2D eigenvalue weighted by Crippen LogP contribution is 2.18. The molecule has 20 heavy (non-hydrogen) atoms. The zero-order chi connectivity index (χ0) is 15.3. The minimum atomic E-state index is -2.47. The fourth-order valence-corrected chi connectivity index (χ4v) is 4.75. The van der Waals surface area contributed by atoms with Crippen LogP contribution in [0.15, 0.2) is 0 Å². The Bertz CT molecular complexity index is 193. The molecule has 0 spiro atoms. The molecule has 0 radical (unpaired) electrons. The normalized spacial score (nSPS) is 12.3. The fraction of sp³-hybridized carbons (Fsp3) is 1.00. The van der Waals surface area contributed by atoms with Crippen molar-refractivity contribution >= 4 is 8.80 Å². The van der Waals surface area contributed by atoms with E-state index in [1.807, 2.05) is 20.8 Å². The van der Waals surface area contributed by atoms with Crippen LogP contribution in [0.25, 0.3) is 0 Å². The number of ether oxygens (including phenoxy) is 1. The van der Waals surface area contributed by atoms with Gasteiger partial charge < -0.3 is 18.0 Å². The van der Waals surface area contributed by atoms with E-state index in [0.717, 1.165) is 25.7 Å². The molecular formula is C15H34O4Si. The molecule has 0 saturated heterocycles. The second-order valence-electron chi connectivity index (χ2n) is 4.84. The minimum Gasteiger partial charge on any atom is -0.381 e. The first-order valence-corrected chi connectivity index (χ1v) is 10.1. The summed E-state index contributed by atoms with van der Waals surface area (Å²) < 4.78 is 23.2. The SMILES string of the molecule is CCO[Si](CCCOCC(CC)CC)(OCC)OCC. The number of hydrogen-bond donors (Lipinski definition) is 0. The van der Waals surface area contributed by atoms with E-state index >= 15 is 0 Å². The van der Waals surface area contributed by atoms with Crippen molar-refractivity contribution in [2.45, 2.75) is 59.9 Å². The average Bonchev–Trinajstić information content (AvgIpc) is 2.44. The van der Waals surface area contributed by atoms with Crippen molar-refractivity contribution in [3.63, 3.8) is 0 Å². The molecule has 0 fully saturated rings. The van der Waals surface area contributed by atoms with Gasteiger partial charge in [0.1, 0.15) is 0 Å². The van der Waals surface area contributed by atoms with Gasteiger partial charge >= 0.3 is 8.80 Å². The largest absolute Gasteiger partial charge is 0.501 e. The van der Waals surface area contributed by atoms with Crippen LogP contribution in [0.4, 0.5) is 0 Å². The molecule has 0 N–H and O–H groups in total. The smallest absolute Gasteiger partial charge is 0.381 e. The molecule has 0 rings (SSSR count). The van der Waals surface area contributed by atoms with Crippen LogP contribution in [0.1, 0.15) is 53.9 Å². The monoisotopic (exact) mass is 306 g/mol. The summed E-state index contributed by atoms with van der Waals surface area (Å²) in [5, 5.41) is 0. The van der Waals surface area contributed by atoms with Crippen LogP contribution < -0.4 is 0 Å². The fourth-order valence-electron chi connectivity index (χ4n) is 2.17. The van der Waals surface area contributed by atoms with Crippen molar-refractivity contribution in [1.82, 2.24) is 0 Å². The van der Waals surface area contributed by atoms with Gasteiger partial charge in [-0.1, -0.05) is 26.7 Å². The van der Waals surface area contributed by atoms with Crippen molar-refractivity contribution in [2.24, 2.45) is 5.92 Å². The highest BCUT2D eigenvalue weighted by atomic mass is 28.4. The number of rotatable bonds is 14. The molecule has 0 aliphatic heterocycles. The maximum atomic E-state index is 5.82. The quantitative estimate of drug-likeness (QED) is 0.360. The average molecular weight is 307 g/mol. The third kappa shape index (κ3) is 8.37. The summed E-state index contributed by atoms with van der Waals surface area (Å²) in [5.41, 5.74) is 0. The summed E-state index contributed by atoms with van der Waals surface area (Å²) in [5.74, 6) is 0.683. The van der Waals surface area contributed by atoms with Gasteiger partial charge in [0.25, 0.3) is 0 Å². The van der Waals surface area contributed by atoms with E-state index in [9.17, 15) is 0 Å². The van der Waals surface area contributed by atoms with Crippen LogP contribution in [-0.4, -0.2) is 41.8 Å². The van der Waals surface area contributed by atoms with Gasteiger partial charge in [-0.2, -0.15) is 0 Å². The summed E-state index contributed by atoms with van der Waals surface area (Å²) in [7, 11) is -2.47. The lowest BCUT2D eigenvalue weighted by molar-refractivity contribution is 0.0621. The second kappa shape index (κ2) is 12.8. The van der Waals surface area contributed by atoms with E-state index < -0.39 is 8.80 Å². The lowest BCUT2D eigenvalue weighted by Crippen LogP contribution is -2.46. The molecule has 122 valence electrons. The molecule has 0 aliphatic rings. The lowest BCUT2D eigenvalue weighted by atomic mass is 10.1. The Hall–Kier alpha value is 0.0569. The first-order valence-electron chi connectivity index (χ1n) is 8.17. The van der Waals surface area contributed by atoms with Gasteiger partial charge in [0.2, 0.25) is 0 Å². The molecule has 4 nitrogen and oxygen atoms in total. The summed E-state index contributed by atoms with van der Waals surface area (Å²) in [6, 6.07) is 0.839.